The van der Waals surface area contributed by atoms with Gasteiger partial charge in [0, 0.05) is 0 Å². The molecule has 0 bridgehead atoms. The van der Waals surface area contributed by atoms with Gasteiger partial charge in [-0.25, -0.2) is 4.39 Å². The van der Waals surface area contributed by atoms with Gasteiger partial charge in [0.1, 0.15) is 11.1 Å². The van der Waals surface area contributed by atoms with Crippen LogP contribution in [0.3, 0.4) is 0 Å². The molecule has 0 radical (unpaired) electrons. The van der Waals surface area contributed by atoms with Crippen LogP contribution in [0.4, 0.5) is 4.39 Å². The van der Waals surface area contributed by atoms with Gasteiger partial charge in [-0.05, 0) is 13.8 Å². The zero-order chi connectivity index (χ0) is 8.70. The Labute approximate surface area is 64.2 Å². The van der Waals surface area contributed by atoms with Crippen LogP contribution in [-0.2, 0) is 9.53 Å². The van der Waals surface area contributed by atoms with Crippen molar-refractivity contribution in [3.8, 4) is 0 Å². The third-order valence-electron chi connectivity index (χ3n) is 2.24. The number of carboxylic acids is 1. The molecule has 1 saturated heterocycles. The summed E-state index contributed by atoms with van der Waals surface area (Å²) in [7, 11) is 0. The van der Waals surface area contributed by atoms with E-state index in [1.54, 1.807) is 0 Å². The van der Waals surface area contributed by atoms with E-state index in [4.69, 9.17) is 9.84 Å². The largest absolute Gasteiger partial charge is 0.481 e. The minimum absolute atomic E-state index is 0.0220. The molecule has 64 valence electrons. The maximum Gasteiger partial charge on any atom is 0.317 e. The summed E-state index contributed by atoms with van der Waals surface area (Å²) in [5.74, 6) is -1.11. The average Bonchev–Trinajstić information content (AvgIpc) is 1.52. The van der Waals surface area contributed by atoms with E-state index in [2.05, 4.69) is 0 Å². The van der Waals surface area contributed by atoms with E-state index in [1.165, 1.54) is 13.8 Å². The first-order valence-electron chi connectivity index (χ1n) is 3.40. The van der Waals surface area contributed by atoms with Crippen molar-refractivity contribution < 1.29 is 19.0 Å². The number of carboxylic acid groups (broad SMARTS) is 1. The molecule has 1 N–H and O–H groups in total. The molecule has 11 heavy (non-hydrogen) atoms. The quantitative estimate of drug-likeness (QED) is 0.654. The Kier molecular flexibility index (Phi) is 1.67. The summed E-state index contributed by atoms with van der Waals surface area (Å²) in [6.07, 6.45) is 0. The molecule has 1 fully saturated rings. The monoisotopic (exact) mass is 162 g/mol. The van der Waals surface area contributed by atoms with E-state index in [0.717, 1.165) is 0 Å². The predicted octanol–water partition coefficient (Wildman–Crippen LogP) is 0.836. The van der Waals surface area contributed by atoms with Crippen LogP contribution in [0.1, 0.15) is 13.8 Å². The number of rotatable bonds is 2. The molecule has 0 atom stereocenters. The third-order valence-corrected chi connectivity index (χ3v) is 2.24. The van der Waals surface area contributed by atoms with Crippen molar-refractivity contribution in [2.75, 3.05) is 13.2 Å². The van der Waals surface area contributed by atoms with E-state index in [0.29, 0.717) is 0 Å². The van der Waals surface area contributed by atoms with Crippen molar-refractivity contribution >= 4 is 5.97 Å². The Morgan fingerprint density at radius 3 is 2.09 bits per heavy atom. The first-order valence-corrected chi connectivity index (χ1v) is 3.40. The predicted molar refractivity (Wildman–Crippen MR) is 36.1 cm³/mol. The minimum Gasteiger partial charge on any atom is -0.481 e. The first-order chi connectivity index (χ1) is 4.90. The van der Waals surface area contributed by atoms with Gasteiger partial charge in [-0.3, -0.25) is 4.79 Å². The number of ether oxygens (including phenoxy) is 1. The normalized spacial score (nSPS) is 22.5. The van der Waals surface area contributed by atoms with Crippen LogP contribution in [0.5, 0.6) is 0 Å². The molecule has 0 amide bonds. The molecule has 4 heteroatoms. The highest BCUT2D eigenvalue weighted by Gasteiger charge is 2.58. The summed E-state index contributed by atoms with van der Waals surface area (Å²) < 4.78 is 18.0. The van der Waals surface area contributed by atoms with Crippen molar-refractivity contribution in [3.63, 3.8) is 0 Å². The standard InChI is InChI=1S/C7H11FO3/c1-6(2,8)7(5(9)10)3-11-4-7/h3-4H2,1-2H3,(H,9,10). The van der Waals surface area contributed by atoms with Crippen molar-refractivity contribution in [2.45, 2.75) is 19.5 Å². The summed E-state index contributed by atoms with van der Waals surface area (Å²) in [5.41, 5.74) is -3.02. The number of alkyl halides is 1. The fourth-order valence-electron chi connectivity index (χ4n) is 1.03. The van der Waals surface area contributed by atoms with Crippen LogP contribution in [0.25, 0.3) is 0 Å². The van der Waals surface area contributed by atoms with Crippen LogP contribution in [0.2, 0.25) is 0 Å². The molecule has 0 aliphatic carbocycles. The van der Waals surface area contributed by atoms with Crippen LogP contribution in [-0.4, -0.2) is 30.0 Å². The second kappa shape index (κ2) is 2.17. The highest BCUT2D eigenvalue weighted by Crippen LogP contribution is 2.41. The fourth-order valence-corrected chi connectivity index (χ4v) is 1.03. The highest BCUT2D eigenvalue weighted by molar-refractivity contribution is 5.77. The van der Waals surface area contributed by atoms with Gasteiger partial charge in [0.15, 0.2) is 0 Å². The molecule has 0 spiro atoms. The summed E-state index contributed by atoms with van der Waals surface area (Å²) in [5, 5.41) is 8.70. The molecule has 3 nitrogen and oxygen atoms in total. The Morgan fingerprint density at radius 2 is 2.09 bits per heavy atom. The molecule has 0 aromatic rings. The van der Waals surface area contributed by atoms with Crippen molar-refractivity contribution in [1.82, 2.24) is 0 Å². The number of carbonyl (C=O) groups is 1. The molecule has 0 aromatic carbocycles. The van der Waals surface area contributed by atoms with E-state index in [1.807, 2.05) is 0 Å². The maximum atomic E-state index is 13.3. The zero-order valence-corrected chi connectivity index (χ0v) is 6.56. The average molecular weight is 162 g/mol. The molecule has 1 heterocycles. The molecule has 1 aliphatic rings. The number of hydrogen-bond donors (Lipinski definition) is 1. The van der Waals surface area contributed by atoms with E-state index < -0.39 is 17.1 Å². The summed E-state index contributed by atoms with van der Waals surface area (Å²) >= 11 is 0. The fraction of sp³-hybridized carbons (Fsp3) is 0.857. The smallest absolute Gasteiger partial charge is 0.317 e. The van der Waals surface area contributed by atoms with Crippen molar-refractivity contribution in [3.05, 3.63) is 0 Å². The third kappa shape index (κ3) is 1.01. The summed E-state index contributed by atoms with van der Waals surface area (Å²) in [6, 6.07) is 0. The van der Waals surface area contributed by atoms with Gasteiger partial charge < -0.3 is 9.84 Å². The van der Waals surface area contributed by atoms with Crippen molar-refractivity contribution in [2.24, 2.45) is 5.41 Å². The Balaban J connectivity index is 2.85. The highest BCUT2D eigenvalue weighted by atomic mass is 19.1. The molecule has 0 unspecified atom stereocenters. The van der Waals surface area contributed by atoms with E-state index in [9.17, 15) is 9.18 Å². The number of aliphatic carboxylic acids is 1. The second-order valence-corrected chi connectivity index (χ2v) is 3.35. The lowest BCUT2D eigenvalue weighted by Gasteiger charge is -2.44. The number of halogens is 1. The lowest BCUT2D eigenvalue weighted by molar-refractivity contribution is -0.208. The van der Waals surface area contributed by atoms with Crippen LogP contribution in [0, 0.1) is 5.41 Å². The van der Waals surface area contributed by atoms with Gasteiger partial charge in [0.25, 0.3) is 0 Å². The van der Waals surface area contributed by atoms with Gasteiger partial charge in [-0.1, -0.05) is 0 Å². The molecule has 1 rings (SSSR count). The first kappa shape index (κ1) is 8.46. The summed E-state index contributed by atoms with van der Waals surface area (Å²) in [4.78, 5) is 10.6. The second-order valence-electron chi connectivity index (χ2n) is 3.35. The SMILES string of the molecule is CC(C)(F)C1(C(=O)O)COC1. The molecule has 0 aromatic heterocycles. The van der Waals surface area contributed by atoms with Gasteiger partial charge in [-0.15, -0.1) is 0 Å². The van der Waals surface area contributed by atoms with Crippen LogP contribution < -0.4 is 0 Å². The van der Waals surface area contributed by atoms with Gasteiger partial charge in [0.2, 0.25) is 0 Å². The molecular formula is C7H11FO3. The van der Waals surface area contributed by atoms with Gasteiger partial charge >= 0.3 is 5.97 Å². The maximum absolute atomic E-state index is 13.3. The molecule has 0 saturated carbocycles. The molecule has 1 aliphatic heterocycles. The zero-order valence-electron chi connectivity index (χ0n) is 6.56. The van der Waals surface area contributed by atoms with Gasteiger partial charge in [-0.2, -0.15) is 0 Å². The lowest BCUT2D eigenvalue weighted by atomic mass is 9.73. The Morgan fingerprint density at radius 1 is 1.64 bits per heavy atom. The topological polar surface area (TPSA) is 46.5 Å². The van der Waals surface area contributed by atoms with Crippen LogP contribution >= 0.6 is 0 Å². The number of hydrogen-bond acceptors (Lipinski definition) is 2. The minimum atomic E-state index is -1.71. The lowest BCUT2D eigenvalue weighted by Crippen LogP contribution is -2.59. The Hall–Kier alpha value is -0.640. The summed E-state index contributed by atoms with van der Waals surface area (Å²) in [6.45, 7) is 2.49. The molecular weight excluding hydrogens is 151 g/mol. The van der Waals surface area contributed by atoms with Crippen molar-refractivity contribution in [1.29, 1.82) is 0 Å². The van der Waals surface area contributed by atoms with E-state index in [-0.39, 0.29) is 13.2 Å². The van der Waals surface area contributed by atoms with Crippen LogP contribution in [0.15, 0.2) is 0 Å². The van der Waals surface area contributed by atoms with Gasteiger partial charge in [0.05, 0.1) is 13.2 Å². The van der Waals surface area contributed by atoms with E-state index >= 15 is 0 Å². The Bertz CT molecular complexity index is 179.